The number of aromatic hydroxyl groups is 1. The van der Waals surface area contributed by atoms with Gasteiger partial charge in [-0.15, -0.1) is 0 Å². The summed E-state index contributed by atoms with van der Waals surface area (Å²) < 4.78 is 24.2. The molecule has 2 aromatic rings. The highest BCUT2D eigenvalue weighted by Crippen LogP contribution is 2.37. The molecule has 1 N–H and O–H groups in total. The summed E-state index contributed by atoms with van der Waals surface area (Å²) in [7, 11) is 2.98. The second kappa shape index (κ2) is 8.26. The van der Waals surface area contributed by atoms with Gasteiger partial charge < -0.3 is 19.5 Å². The van der Waals surface area contributed by atoms with Crippen molar-refractivity contribution in [3.05, 3.63) is 53.3 Å². The molecule has 1 saturated heterocycles. The summed E-state index contributed by atoms with van der Waals surface area (Å²) >= 11 is 0. The lowest BCUT2D eigenvalue weighted by Crippen LogP contribution is -2.48. The SMILES string of the molecule is COc1cc(CN2CCN(C(=O)c3ccccc3F)CC2)cc(OC)c1O. The molecule has 1 amide bonds. The van der Waals surface area contributed by atoms with Crippen molar-refractivity contribution in [2.24, 2.45) is 0 Å². The number of carbonyl (C=O) groups is 1. The average Bonchev–Trinajstić information content (AvgIpc) is 2.69. The van der Waals surface area contributed by atoms with Crippen molar-refractivity contribution in [2.75, 3.05) is 40.4 Å². The minimum Gasteiger partial charge on any atom is -0.502 e. The summed E-state index contributed by atoms with van der Waals surface area (Å²) in [5.74, 6) is -0.0755. The first-order chi connectivity index (χ1) is 13.0. The van der Waals surface area contributed by atoms with Crippen LogP contribution < -0.4 is 9.47 Å². The first kappa shape index (κ1) is 19.0. The summed E-state index contributed by atoms with van der Waals surface area (Å²) in [5.41, 5.74) is 1.05. The predicted molar refractivity (Wildman–Crippen MR) is 98.8 cm³/mol. The van der Waals surface area contributed by atoms with E-state index >= 15 is 0 Å². The van der Waals surface area contributed by atoms with E-state index in [1.165, 1.54) is 26.4 Å². The zero-order valence-electron chi connectivity index (χ0n) is 15.4. The van der Waals surface area contributed by atoms with Gasteiger partial charge in [-0.05, 0) is 29.8 Å². The zero-order valence-corrected chi connectivity index (χ0v) is 15.4. The third kappa shape index (κ3) is 4.14. The number of hydrogen-bond acceptors (Lipinski definition) is 5. The third-order valence-electron chi connectivity index (χ3n) is 4.71. The van der Waals surface area contributed by atoms with E-state index < -0.39 is 5.82 Å². The molecule has 0 aliphatic carbocycles. The molecular formula is C20H23FN2O4. The van der Waals surface area contributed by atoms with E-state index in [2.05, 4.69) is 4.90 Å². The number of phenolic OH excluding ortho intramolecular Hbond substituents is 1. The smallest absolute Gasteiger partial charge is 0.256 e. The van der Waals surface area contributed by atoms with Gasteiger partial charge in [-0.3, -0.25) is 9.69 Å². The lowest BCUT2D eigenvalue weighted by Gasteiger charge is -2.35. The zero-order chi connectivity index (χ0) is 19.4. The fourth-order valence-electron chi connectivity index (χ4n) is 3.21. The molecule has 3 rings (SSSR count). The largest absolute Gasteiger partial charge is 0.502 e. The Morgan fingerprint density at radius 3 is 2.22 bits per heavy atom. The van der Waals surface area contributed by atoms with E-state index in [0.29, 0.717) is 44.2 Å². The van der Waals surface area contributed by atoms with Crippen molar-refractivity contribution < 1.29 is 23.8 Å². The van der Waals surface area contributed by atoms with Crippen LogP contribution in [0.2, 0.25) is 0 Å². The Balaban J connectivity index is 1.63. The van der Waals surface area contributed by atoms with Crippen LogP contribution in [0.1, 0.15) is 15.9 Å². The topological polar surface area (TPSA) is 62.2 Å². The van der Waals surface area contributed by atoms with Crippen LogP contribution >= 0.6 is 0 Å². The van der Waals surface area contributed by atoms with Crippen molar-refractivity contribution >= 4 is 5.91 Å². The van der Waals surface area contributed by atoms with Crippen LogP contribution in [0, 0.1) is 5.82 Å². The van der Waals surface area contributed by atoms with E-state index in [-0.39, 0.29) is 17.2 Å². The summed E-state index contributed by atoms with van der Waals surface area (Å²) in [6.45, 7) is 3.03. The number of piperazine rings is 1. The fraction of sp³-hybridized carbons (Fsp3) is 0.350. The second-order valence-electron chi connectivity index (χ2n) is 6.40. The number of hydrogen-bond donors (Lipinski definition) is 1. The first-order valence-electron chi connectivity index (χ1n) is 8.73. The van der Waals surface area contributed by atoms with Crippen molar-refractivity contribution in [2.45, 2.75) is 6.54 Å². The number of methoxy groups -OCH3 is 2. The number of carbonyl (C=O) groups excluding carboxylic acids is 1. The Morgan fingerprint density at radius 2 is 1.67 bits per heavy atom. The first-order valence-corrected chi connectivity index (χ1v) is 8.73. The maximum atomic E-state index is 13.8. The van der Waals surface area contributed by atoms with Gasteiger partial charge in [0.05, 0.1) is 19.8 Å². The van der Waals surface area contributed by atoms with Gasteiger partial charge in [0.1, 0.15) is 5.82 Å². The molecule has 0 radical (unpaired) electrons. The van der Waals surface area contributed by atoms with Crippen molar-refractivity contribution in [1.82, 2.24) is 9.80 Å². The summed E-state index contributed by atoms with van der Waals surface area (Å²) in [6.07, 6.45) is 0. The minimum atomic E-state index is -0.492. The second-order valence-corrected chi connectivity index (χ2v) is 6.40. The van der Waals surface area contributed by atoms with Gasteiger partial charge in [-0.1, -0.05) is 12.1 Å². The highest BCUT2D eigenvalue weighted by molar-refractivity contribution is 5.94. The van der Waals surface area contributed by atoms with Crippen LogP contribution in [0.25, 0.3) is 0 Å². The molecule has 0 aromatic heterocycles. The monoisotopic (exact) mass is 374 g/mol. The van der Waals surface area contributed by atoms with Crippen LogP contribution in [0.5, 0.6) is 17.2 Å². The summed E-state index contributed by atoms with van der Waals surface area (Å²) in [5, 5.41) is 10.0. The average molecular weight is 374 g/mol. The fourth-order valence-corrected chi connectivity index (χ4v) is 3.21. The quantitative estimate of drug-likeness (QED) is 0.871. The Morgan fingerprint density at radius 1 is 1.07 bits per heavy atom. The number of amides is 1. The maximum absolute atomic E-state index is 13.8. The maximum Gasteiger partial charge on any atom is 0.256 e. The molecule has 2 aromatic carbocycles. The Labute approximate surface area is 157 Å². The summed E-state index contributed by atoms with van der Waals surface area (Å²) in [4.78, 5) is 16.4. The molecule has 1 fully saturated rings. The normalized spacial score (nSPS) is 14.9. The van der Waals surface area contributed by atoms with Gasteiger partial charge in [0.2, 0.25) is 5.75 Å². The lowest BCUT2D eigenvalue weighted by atomic mass is 10.1. The van der Waals surface area contributed by atoms with Crippen LogP contribution in [0.4, 0.5) is 4.39 Å². The molecule has 0 atom stereocenters. The number of nitrogens with zero attached hydrogens (tertiary/aromatic N) is 2. The highest BCUT2D eigenvalue weighted by Gasteiger charge is 2.24. The standard InChI is InChI=1S/C20H23FN2O4/c1-26-17-11-14(12-18(27-2)19(17)24)13-22-7-9-23(10-8-22)20(25)15-5-3-4-6-16(15)21/h3-6,11-12,24H,7-10,13H2,1-2H3. The molecular weight excluding hydrogens is 351 g/mol. The molecule has 7 heteroatoms. The number of rotatable bonds is 5. The van der Waals surface area contributed by atoms with Crippen LogP contribution in [-0.4, -0.2) is 61.2 Å². The van der Waals surface area contributed by atoms with E-state index in [1.807, 2.05) is 0 Å². The van der Waals surface area contributed by atoms with Gasteiger partial charge in [0.15, 0.2) is 11.5 Å². The molecule has 0 unspecified atom stereocenters. The lowest BCUT2D eigenvalue weighted by molar-refractivity contribution is 0.0624. The van der Waals surface area contributed by atoms with Gasteiger partial charge in [-0.25, -0.2) is 4.39 Å². The number of halogens is 1. The van der Waals surface area contributed by atoms with Crippen molar-refractivity contribution in [3.63, 3.8) is 0 Å². The van der Waals surface area contributed by atoms with Gasteiger partial charge in [0, 0.05) is 32.7 Å². The predicted octanol–water partition coefficient (Wildman–Crippen LogP) is 2.51. The van der Waals surface area contributed by atoms with Gasteiger partial charge >= 0.3 is 0 Å². The molecule has 1 aliphatic rings. The van der Waals surface area contributed by atoms with Crippen molar-refractivity contribution in [3.8, 4) is 17.2 Å². The number of benzene rings is 2. The summed E-state index contributed by atoms with van der Waals surface area (Å²) in [6, 6.07) is 9.60. The molecule has 0 saturated carbocycles. The molecule has 0 bridgehead atoms. The van der Waals surface area contributed by atoms with Crippen molar-refractivity contribution in [1.29, 1.82) is 0 Å². The van der Waals surface area contributed by atoms with Crippen LogP contribution in [0.15, 0.2) is 36.4 Å². The van der Waals surface area contributed by atoms with E-state index in [9.17, 15) is 14.3 Å². The third-order valence-corrected chi connectivity index (χ3v) is 4.71. The van der Waals surface area contributed by atoms with E-state index in [1.54, 1.807) is 29.2 Å². The van der Waals surface area contributed by atoms with Crippen LogP contribution in [-0.2, 0) is 6.54 Å². The van der Waals surface area contributed by atoms with Gasteiger partial charge in [0.25, 0.3) is 5.91 Å². The minimum absolute atomic E-state index is 0.0240. The molecule has 144 valence electrons. The van der Waals surface area contributed by atoms with E-state index in [4.69, 9.17) is 9.47 Å². The van der Waals surface area contributed by atoms with Gasteiger partial charge in [-0.2, -0.15) is 0 Å². The van der Waals surface area contributed by atoms with E-state index in [0.717, 1.165) is 5.56 Å². The molecule has 0 spiro atoms. The molecule has 27 heavy (non-hydrogen) atoms. The van der Waals surface area contributed by atoms with Crippen LogP contribution in [0.3, 0.4) is 0 Å². The molecule has 1 aliphatic heterocycles. The molecule has 6 nitrogen and oxygen atoms in total. The Bertz CT molecular complexity index is 794. The number of phenols is 1. The Hall–Kier alpha value is -2.80. The highest BCUT2D eigenvalue weighted by atomic mass is 19.1. The number of ether oxygens (including phenoxy) is 2. The Kier molecular flexibility index (Phi) is 5.81. The molecule has 1 heterocycles.